The minimum absolute atomic E-state index is 0.395. The molecule has 0 aliphatic carbocycles. The fraction of sp³-hybridized carbons (Fsp3) is 0.381. The van der Waals surface area contributed by atoms with Gasteiger partial charge < -0.3 is 9.88 Å². The molecule has 0 bridgehead atoms. The maximum Gasteiger partial charge on any atom is 0.176 e. The maximum atomic E-state index is 3.60. The van der Waals surface area contributed by atoms with Crippen molar-refractivity contribution >= 4 is 10.9 Å². The molecular weight excluding hydrogens is 294 g/mol. The highest BCUT2D eigenvalue weighted by atomic mass is 15.2. The lowest BCUT2D eigenvalue weighted by molar-refractivity contribution is -0.931. The highest BCUT2D eigenvalue weighted by Gasteiger charge is 2.33. The maximum absolute atomic E-state index is 3.60. The average molecular weight is 321 g/mol. The molecule has 0 radical (unpaired) electrons. The zero-order valence-corrected chi connectivity index (χ0v) is 14.6. The molecule has 1 aromatic carbocycles. The van der Waals surface area contributed by atoms with E-state index in [1.165, 1.54) is 53.7 Å². The summed E-state index contributed by atoms with van der Waals surface area (Å²) in [6.45, 7) is 7.11. The molecule has 1 unspecified atom stereocenters. The molecule has 1 aliphatic heterocycles. The van der Waals surface area contributed by atoms with E-state index in [0.717, 1.165) is 5.92 Å². The predicted octanol–water partition coefficient (Wildman–Crippen LogP) is 2.69. The van der Waals surface area contributed by atoms with Gasteiger partial charge in [0.2, 0.25) is 0 Å². The summed E-state index contributed by atoms with van der Waals surface area (Å²) in [7, 11) is 0. The third kappa shape index (κ3) is 2.73. The van der Waals surface area contributed by atoms with Crippen LogP contribution in [0.1, 0.15) is 42.6 Å². The van der Waals surface area contributed by atoms with Crippen LogP contribution in [-0.2, 0) is 0 Å². The molecule has 4 rings (SSSR count). The van der Waals surface area contributed by atoms with Crippen molar-refractivity contribution in [1.82, 2.24) is 4.98 Å². The molecule has 3 N–H and O–H groups in total. The van der Waals surface area contributed by atoms with Crippen LogP contribution in [0.25, 0.3) is 10.9 Å². The summed E-state index contributed by atoms with van der Waals surface area (Å²) < 4.78 is 0. The number of aromatic nitrogens is 2. The number of fused-ring (bicyclic) bond motifs is 1. The third-order valence-corrected chi connectivity index (χ3v) is 5.62. The van der Waals surface area contributed by atoms with Crippen molar-refractivity contribution in [3.8, 4) is 0 Å². The zero-order chi connectivity index (χ0) is 16.5. The van der Waals surface area contributed by atoms with Crippen LogP contribution in [0, 0.1) is 12.8 Å². The van der Waals surface area contributed by atoms with E-state index in [1.807, 2.05) is 6.20 Å². The average Bonchev–Trinajstić information content (AvgIpc) is 2.94. The Kier molecular flexibility index (Phi) is 4.11. The summed E-state index contributed by atoms with van der Waals surface area (Å²) in [5.74, 6) is 0.862. The van der Waals surface area contributed by atoms with Gasteiger partial charge in [0.15, 0.2) is 12.4 Å². The SMILES string of the molecule is Cc1[nH]c2ccccc2c1C(c1ccc[nH+]c1)[NH+]1CCC(C)CC1. The van der Waals surface area contributed by atoms with Gasteiger partial charge in [-0.25, -0.2) is 4.98 Å². The number of likely N-dealkylation sites (tertiary alicyclic amines) is 1. The minimum atomic E-state index is 0.395. The molecule has 0 amide bonds. The number of piperidine rings is 1. The molecule has 0 saturated carbocycles. The molecule has 3 aromatic rings. The van der Waals surface area contributed by atoms with Crippen LogP contribution in [0.15, 0.2) is 48.8 Å². The zero-order valence-electron chi connectivity index (χ0n) is 14.6. The number of rotatable bonds is 3. The Balaban J connectivity index is 1.84. The number of hydrogen-bond donors (Lipinski definition) is 2. The molecule has 1 saturated heterocycles. The first-order valence-corrected chi connectivity index (χ1v) is 9.12. The van der Waals surface area contributed by atoms with E-state index in [0.29, 0.717) is 6.04 Å². The summed E-state index contributed by atoms with van der Waals surface area (Å²) >= 11 is 0. The Labute approximate surface area is 143 Å². The lowest BCUT2D eigenvalue weighted by Gasteiger charge is -2.33. The molecule has 1 aliphatic rings. The van der Waals surface area contributed by atoms with E-state index in [1.54, 1.807) is 4.90 Å². The van der Waals surface area contributed by atoms with Gasteiger partial charge in [0.1, 0.15) is 6.04 Å². The number of hydrogen-bond acceptors (Lipinski definition) is 0. The van der Waals surface area contributed by atoms with Crippen LogP contribution in [-0.4, -0.2) is 18.1 Å². The topological polar surface area (TPSA) is 34.4 Å². The second-order valence-electron chi connectivity index (χ2n) is 7.32. The van der Waals surface area contributed by atoms with Gasteiger partial charge in [-0.3, -0.25) is 0 Å². The number of aromatic amines is 2. The number of H-pyrrole nitrogens is 2. The van der Waals surface area contributed by atoms with Gasteiger partial charge in [-0.1, -0.05) is 25.1 Å². The van der Waals surface area contributed by atoms with Crippen LogP contribution < -0.4 is 9.88 Å². The number of quaternary nitrogens is 1. The second kappa shape index (κ2) is 6.40. The normalized spacial score (nSPS) is 22.6. The second-order valence-corrected chi connectivity index (χ2v) is 7.32. The molecule has 124 valence electrons. The van der Waals surface area contributed by atoms with E-state index >= 15 is 0 Å². The first kappa shape index (κ1) is 15.4. The Morgan fingerprint density at radius 1 is 1.12 bits per heavy atom. The third-order valence-electron chi connectivity index (χ3n) is 5.62. The summed E-state index contributed by atoms with van der Waals surface area (Å²) in [4.78, 5) is 8.59. The lowest BCUT2D eigenvalue weighted by atomic mass is 9.91. The summed E-state index contributed by atoms with van der Waals surface area (Å²) in [6.07, 6.45) is 6.82. The van der Waals surface area contributed by atoms with E-state index in [-0.39, 0.29) is 0 Å². The molecular formula is C21H27N3+2. The first-order chi connectivity index (χ1) is 11.7. The summed E-state index contributed by atoms with van der Waals surface area (Å²) in [5.41, 5.74) is 5.40. The van der Waals surface area contributed by atoms with Crippen molar-refractivity contribution in [2.75, 3.05) is 13.1 Å². The fourth-order valence-corrected chi connectivity index (χ4v) is 4.29. The first-order valence-electron chi connectivity index (χ1n) is 9.12. The van der Waals surface area contributed by atoms with Gasteiger partial charge in [0.25, 0.3) is 0 Å². The van der Waals surface area contributed by atoms with Crippen molar-refractivity contribution < 1.29 is 9.88 Å². The van der Waals surface area contributed by atoms with Crippen LogP contribution in [0.2, 0.25) is 0 Å². The Bertz CT molecular complexity index is 813. The van der Waals surface area contributed by atoms with E-state index < -0.39 is 0 Å². The molecule has 0 spiro atoms. The van der Waals surface area contributed by atoms with E-state index in [4.69, 9.17) is 0 Å². The highest BCUT2D eigenvalue weighted by Crippen LogP contribution is 2.30. The molecule has 3 nitrogen and oxygen atoms in total. The molecule has 2 aromatic heterocycles. The quantitative estimate of drug-likeness (QED) is 0.744. The molecule has 24 heavy (non-hydrogen) atoms. The van der Waals surface area contributed by atoms with Gasteiger partial charge in [0.05, 0.1) is 18.7 Å². The predicted molar refractivity (Wildman–Crippen MR) is 97.0 cm³/mol. The summed E-state index contributed by atoms with van der Waals surface area (Å²) in [5, 5.41) is 1.37. The van der Waals surface area contributed by atoms with Gasteiger partial charge in [-0.15, -0.1) is 0 Å². The molecule has 3 heterocycles. The lowest BCUT2D eigenvalue weighted by Crippen LogP contribution is -3.13. The fourth-order valence-electron chi connectivity index (χ4n) is 4.29. The molecule has 3 heteroatoms. The molecule has 1 atom stereocenters. The van der Waals surface area contributed by atoms with E-state index in [9.17, 15) is 0 Å². The summed E-state index contributed by atoms with van der Waals surface area (Å²) in [6, 6.07) is 13.5. The van der Waals surface area contributed by atoms with Crippen molar-refractivity contribution in [2.24, 2.45) is 5.92 Å². The highest BCUT2D eigenvalue weighted by molar-refractivity contribution is 5.85. The van der Waals surface area contributed by atoms with Crippen LogP contribution >= 0.6 is 0 Å². The van der Waals surface area contributed by atoms with Crippen LogP contribution in [0.4, 0.5) is 0 Å². The van der Waals surface area contributed by atoms with Gasteiger partial charge in [0, 0.05) is 28.2 Å². The Hall–Kier alpha value is -2.13. The van der Waals surface area contributed by atoms with Crippen molar-refractivity contribution in [3.63, 3.8) is 0 Å². The standard InChI is InChI=1S/C21H25N3/c1-15-9-12-24(13-10-15)21(17-6-5-11-22-14-17)20-16(2)23-19-8-4-3-7-18(19)20/h3-8,11,14-15,21,23H,9-10,12-13H2,1-2H3/p+2. The minimum Gasteiger partial charge on any atom is -0.358 e. The Morgan fingerprint density at radius 3 is 2.67 bits per heavy atom. The van der Waals surface area contributed by atoms with Gasteiger partial charge in [-0.05, 0) is 37.8 Å². The smallest absolute Gasteiger partial charge is 0.176 e. The number of aryl methyl sites for hydroxylation is 1. The monoisotopic (exact) mass is 321 g/mol. The van der Waals surface area contributed by atoms with E-state index in [2.05, 4.69) is 66.4 Å². The Morgan fingerprint density at radius 2 is 1.92 bits per heavy atom. The number of para-hydroxylation sites is 1. The molecule has 1 fully saturated rings. The largest absolute Gasteiger partial charge is 0.358 e. The van der Waals surface area contributed by atoms with Crippen LogP contribution in [0.5, 0.6) is 0 Å². The van der Waals surface area contributed by atoms with Gasteiger partial charge in [-0.2, -0.15) is 0 Å². The van der Waals surface area contributed by atoms with Crippen molar-refractivity contribution in [2.45, 2.75) is 32.7 Å². The number of pyridine rings is 1. The van der Waals surface area contributed by atoms with Crippen molar-refractivity contribution in [3.05, 3.63) is 65.6 Å². The number of benzene rings is 1. The van der Waals surface area contributed by atoms with Crippen LogP contribution in [0.3, 0.4) is 0 Å². The van der Waals surface area contributed by atoms with Crippen molar-refractivity contribution in [1.29, 1.82) is 0 Å². The number of nitrogens with one attached hydrogen (secondary N) is 3. The van der Waals surface area contributed by atoms with Gasteiger partial charge >= 0.3 is 0 Å².